The van der Waals surface area contributed by atoms with Gasteiger partial charge in [0.15, 0.2) is 17.2 Å². The molecule has 1 aliphatic rings. The second kappa shape index (κ2) is 9.15. The molecule has 0 bridgehead atoms. The third-order valence-electron chi connectivity index (χ3n) is 7.72. The molecule has 0 atom stereocenters. The maximum absolute atomic E-state index is 14.4. The SMILES string of the molecule is COCC(C)(C)c1c(C2CCC(O)(C(=O)O)CC2)c2cc3[nH]ncc3cc2n1-c1ccc(F)c(OC)c1. The number of hydrogen-bond acceptors (Lipinski definition) is 5. The molecule has 196 valence electrons. The third kappa shape index (κ3) is 4.16. The summed E-state index contributed by atoms with van der Waals surface area (Å²) in [6.07, 6.45) is 3.14. The highest BCUT2D eigenvalue weighted by molar-refractivity contribution is 5.99. The molecule has 4 aromatic rings. The molecule has 3 N–H and O–H groups in total. The fourth-order valence-electron chi connectivity index (χ4n) is 5.91. The average molecular weight is 510 g/mol. The van der Waals surface area contributed by atoms with Crippen LogP contribution in [0.4, 0.5) is 4.39 Å². The molecule has 2 heterocycles. The Balaban J connectivity index is 1.82. The van der Waals surface area contributed by atoms with Crippen molar-refractivity contribution in [3.8, 4) is 11.4 Å². The molecular weight excluding hydrogens is 477 g/mol. The number of methoxy groups -OCH3 is 2. The smallest absolute Gasteiger partial charge is 0.335 e. The van der Waals surface area contributed by atoms with Gasteiger partial charge in [-0.2, -0.15) is 5.10 Å². The zero-order chi connectivity index (χ0) is 26.5. The van der Waals surface area contributed by atoms with E-state index in [1.165, 1.54) is 13.2 Å². The van der Waals surface area contributed by atoms with Crippen molar-refractivity contribution in [2.45, 2.75) is 56.5 Å². The number of nitrogens with zero attached hydrogens (tertiary/aromatic N) is 2. The van der Waals surface area contributed by atoms with Crippen LogP contribution in [0.3, 0.4) is 0 Å². The van der Waals surface area contributed by atoms with Crippen molar-refractivity contribution >= 4 is 27.8 Å². The minimum absolute atomic E-state index is 0.0113. The fraction of sp³-hybridized carbons (Fsp3) is 0.429. The monoisotopic (exact) mass is 509 g/mol. The van der Waals surface area contributed by atoms with Gasteiger partial charge < -0.3 is 24.3 Å². The first-order chi connectivity index (χ1) is 17.6. The van der Waals surface area contributed by atoms with Gasteiger partial charge in [0.05, 0.1) is 30.9 Å². The second-order valence-electron chi connectivity index (χ2n) is 10.7. The Labute approximate surface area is 214 Å². The first-order valence-electron chi connectivity index (χ1n) is 12.4. The molecule has 2 aromatic carbocycles. The number of hydrogen-bond donors (Lipinski definition) is 3. The predicted octanol–water partition coefficient (Wildman–Crippen LogP) is 5.05. The molecule has 0 aliphatic heterocycles. The summed E-state index contributed by atoms with van der Waals surface area (Å²) < 4.78 is 27.5. The van der Waals surface area contributed by atoms with Gasteiger partial charge in [0.25, 0.3) is 0 Å². The van der Waals surface area contributed by atoms with E-state index in [1.807, 2.05) is 0 Å². The number of fused-ring (bicyclic) bond motifs is 2. The van der Waals surface area contributed by atoms with Crippen LogP contribution in [-0.4, -0.2) is 57.4 Å². The number of nitrogens with one attached hydrogen (secondary N) is 1. The number of aliphatic carboxylic acids is 1. The Bertz CT molecular complexity index is 1480. The number of carbonyl (C=O) groups is 1. The van der Waals surface area contributed by atoms with Crippen molar-refractivity contribution in [1.82, 2.24) is 14.8 Å². The first-order valence-corrected chi connectivity index (χ1v) is 12.4. The average Bonchev–Trinajstić information content (AvgIpc) is 3.45. The lowest BCUT2D eigenvalue weighted by molar-refractivity contribution is -0.162. The minimum atomic E-state index is -1.71. The Morgan fingerprint density at radius 3 is 2.62 bits per heavy atom. The summed E-state index contributed by atoms with van der Waals surface area (Å²) in [5, 5.41) is 29.4. The lowest BCUT2D eigenvalue weighted by atomic mass is 9.73. The predicted molar refractivity (Wildman–Crippen MR) is 138 cm³/mol. The number of benzene rings is 2. The summed E-state index contributed by atoms with van der Waals surface area (Å²) in [5.41, 5.74) is 2.48. The number of carboxylic acid groups (broad SMARTS) is 1. The van der Waals surface area contributed by atoms with Crippen molar-refractivity contribution in [2.24, 2.45) is 0 Å². The van der Waals surface area contributed by atoms with Gasteiger partial charge in [-0.25, -0.2) is 9.18 Å². The molecular formula is C28H32FN3O5. The van der Waals surface area contributed by atoms with Crippen LogP contribution in [0.15, 0.2) is 36.5 Å². The van der Waals surface area contributed by atoms with Crippen molar-refractivity contribution in [2.75, 3.05) is 20.8 Å². The Morgan fingerprint density at radius 2 is 1.97 bits per heavy atom. The van der Waals surface area contributed by atoms with Gasteiger partial charge in [0.1, 0.15) is 0 Å². The van der Waals surface area contributed by atoms with E-state index in [2.05, 4.69) is 40.7 Å². The number of halogens is 1. The summed E-state index contributed by atoms with van der Waals surface area (Å²) in [6, 6.07) is 8.97. The summed E-state index contributed by atoms with van der Waals surface area (Å²) in [5.74, 6) is -1.47. The van der Waals surface area contributed by atoms with Crippen LogP contribution < -0.4 is 4.74 Å². The van der Waals surface area contributed by atoms with Gasteiger partial charge >= 0.3 is 5.97 Å². The lowest BCUT2D eigenvalue weighted by Gasteiger charge is -2.35. The second-order valence-corrected chi connectivity index (χ2v) is 10.7. The van der Waals surface area contributed by atoms with Crippen LogP contribution in [0.25, 0.3) is 27.5 Å². The highest BCUT2D eigenvalue weighted by Crippen LogP contribution is 2.48. The van der Waals surface area contributed by atoms with Crippen LogP contribution in [-0.2, 0) is 14.9 Å². The molecule has 1 aliphatic carbocycles. The summed E-state index contributed by atoms with van der Waals surface area (Å²) >= 11 is 0. The summed E-state index contributed by atoms with van der Waals surface area (Å²) in [6.45, 7) is 4.64. The number of aromatic amines is 1. The number of carboxylic acids is 1. The number of aliphatic hydroxyl groups is 1. The van der Waals surface area contributed by atoms with Crippen LogP contribution in [0, 0.1) is 5.82 Å². The topological polar surface area (TPSA) is 110 Å². The molecule has 0 unspecified atom stereocenters. The lowest BCUT2D eigenvalue weighted by Crippen LogP contribution is -2.41. The zero-order valence-electron chi connectivity index (χ0n) is 21.5. The van der Waals surface area contributed by atoms with E-state index in [0.717, 1.165) is 38.8 Å². The van der Waals surface area contributed by atoms with Gasteiger partial charge in [-0.3, -0.25) is 5.10 Å². The molecule has 37 heavy (non-hydrogen) atoms. The summed E-state index contributed by atoms with van der Waals surface area (Å²) in [7, 11) is 3.11. The molecule has 1 fully saturated rings. The highest BCUT2D eigenvalue weighted by Gasteiger charge is 2.43. The van der Waals surface area contributed by atoms with Gasteiger partial charge in [-0.15, -0.1) is 0 Å². The van der Waals surface area contributed by atoms with Crippen molar-refractivity contribution in [1.29, 1.82) is 0 Å². The van der Waals surface area contributed by atoms with Crippen molar-refractivity contribution < 1.29 is 28.9 Å². The largest absolute Gasteiger partial charge is 0.494 e. The van der Waals surface area contributed by atoms with Crippen molar-refractivity contribution in [3.63, 3.8) is 0 Å². The normalized spacial score (nSPS) is 20.5. The first kappa shape index (κ1) is 25.2. The number of H-pyrrole nitrogens is 1. The standard InChI is InChI=1S/C28H32FN3O5/c1-27(2,15-36-3)25-24(16-7-9-28(35,10-8-16)26(33)34)19-13-21-17(14-30-31-21)11-22(19)32(25)18-5-6-20(29)23(12-18)37-4/h5-6,11-14,16,35H,7-10,15H2,1-4H3,(H,30,31)(H,33,34). The van der Waals surface area contributed by atoms with E-state index in [0.29, 0.717) is 19.4 Å². The molecule has 5 rings (SSSR count). The van der Waals surface area contributed by atoms with Gasteiger partial charge in [-0.1, -0.05) is 13.8 Å². The Morgan fingerprint density at radius 1 is 1.24 bits per heavy atom. The van der Waals surface area contributed by atoms with E-state index < -0.39 is 22.8 Å². The van der Waals surface area contributed by atoms with Crippen LogP contribution in [0.5, 0.6) is 5.75 Å². The molecule has 0 spiro atoms. The maximum Gasteiger partial charge on any atom is 0.335 e. The van der Waals surface area contributed by atoms with Gasteiger partial charge in [0.2, 0.25) is 0 Å². The minimum Gasteiger partial charge on any atom is -0.494 e. The highest BCUT2D eigenvalue weighted by atomic mass is 19.1. The molecule has 0 radical (unpaired) electrons. The van der Waals surface area contributed by atoms with Gasteiger partial charge in [-0.05, 0) is 61.4 Å². The van der Waals surface area contributed by atoms with Gasteiger partial charge in [0, 0.05) is 40.7 Å². The van der Waals surface area contributed by atoms with Crippen molar-refractivity contribution in [3.05, 3.63) is 53.6 Å². The van der Waals surface area contributed by atoms with Crippen LogP contribution in [0.1, 0.15) is 56.7 Å². The molecule has 0 amide bonds. The molecule has 0 saturated heterocycles. The van der Waals surface area contributed by atoms with Crippen LogP contribution >= 0.6 is 0 Å². The third-order valence-corrected chi connectivity index (χ3v) is 7.72. The van der Waals surface area contributed by atoms with Crippen LogP contribution in [0.2, 0.25) is 0 Å². The maximum atomic E-state index is 14.4. The molecule has 9 heteroatoms. The number of aromatic nitrogens is 3. The quantitative estimate of drug-likeness (QED) is 0.322. The zero-order valence-corrected chi connectivity index (χ0v) is 21.5. The van der Waals surface area contributed by atoms with E-state index in [1.54, 1.807) is 25.4 Å². The molecule has 2 aromatic heterocycles. The van der Waals surface area contributed by atoms with E-state index >= 15 is 0 Å². The molecule has 1 saturated carbocycles. The summed E-state index contributed by atoms with van der Waals surface area (Å²) in [4.78, 5) is 11.7. The van der Waals surface area contributed by atoms with E-state index in [9.17, 15) is 19.4 Å². The van der Waals surface area contributed by atoms with E-state index in [-0.39, 0.29) is 24.5 Å². The van der Waals surface area contributed by atoms with E-state index in [4.69, 9.17) is 9.47 Å². The Kier molecular flexibility index (Phi) is 6.24. The number of rotatable bonds is 7. The Hall–Kier alpha value is -3.43. The number of ether oxygens (including phenoxy) is 2. The molecule has 8 nitrogen and oxygen atoms in total. The fourth-order valence-corrected chi connectivity index (χ4v) is 5.91.